The first-order valence-corrected chi connectivity index (χ1v) is 8.37. The van der Waals surface area contributed by atoms with Crippen LogP contribution < -0.4 is 10.1 Å². The molecule has 1 atom stereocenters. The van der Waals surface area contributed by atoms with E-state index in [0.29, 0.717) is 12.2 Å². The summed E-state index contributed by atoms with van der Waals surface area (Å²) < 4.78 is 11.1. The summed E-state index contributed by atoms with van der Waals surface area (Å²) in [7, 11) is 0. The maximum Gasteiger partial charge on any atom is 0.243 e. The third-order valence-corrected chi connectivity index (χ3v) is 3.74. The van der Waals surface area contributed by atoms with Crippen LogP contribution in [0.25, 0.3) is 0 Å². The van der Waals surface area contributed by atoms with E-state index < -0.39 is 0 Å². The van der Waals surface area contributed by atoms with Crippen molar-refractivity contribution in [3.63, 3.8) is 0 Å². The molecular weight excluding hydrogens is 308 g/mol. The molecule has 0 radical (unpaired) electrons. The summed E-state index contributed by atoms with van der Waals surface area (Å²) >= 11 is 0. The molecule has 1 unspecified atom stereocenters. The van der Waals surface area contributed by atoms with Gasteiger partial charge < -0.3 is 19.7 Å². The third kappa shape index (κ3) is 5.85. The molecule has 1 aromatic carbocycles. The highest BCUT2D eigenvalue weighted by Crippen LogP contribution is 2.17. The number of amides is 2. The van der Waals surface area contributed by atoms with Gasteiger partial charge in [0.05, 0.1) is 18.8 Å². The van der Waals surface area contributed by atoms with Crippen molar-refractivity contribution in [1.29, 1.82) is 0 Å². The van der Waals surface area contributed by atoms with Gasteiger partial charge in [0.25, 0.3) is 0 Å². The molecule has 0 saturated carbocycles. The van der Waals surface area contributed by atoms with Crippen LogP contribution in [-0.4, -0.2) is 48.6 Å². The van der Waals surface area contributed by atoms with Gasteiger partial charge in [-0.25, -0.2) is 0 Å². The molecule has 2 amide bonds. The van der Waals surface area contributed by atoms with Gasteiger partial charge in [-0.05, 0) is 51.0 Å². The van der Waals surface area contributed by atoms with Crippen molar-refractivity contribution in [2.45, 2.75) is 45.8 Å². The normalized spacial score (nSPS) is 16.9. The zero-order valence-corrected chi connectivity index (χ0v) is 14.6. The van der Waals surface area contributed by atoms with Gasteiger partial charge in [0, 0.05) is 25.8 Å². The lowest BCUT2D eigenvalue weighted by Crippen LogP contribution is -2.41. The number of hydrogen-bond donors (Lipinski definition) is 1. The average Bonchev–Trinajstić information content (AvgIpc) is 3.01. The van der Waals surface area contributed by atoms with Gasteiger partial charge in [-0.1, -0.05) is 0 Å². The molecule has 6 heteroatoms. The van der Waals surface area contributed by atoms with Gasteiger partial charge in [0.1, 0.15) is 5.75 Å². The lowest BCUT2D eigenvalue weighted by molar-refractivity contribution is -0.134. The molecule has 0 aliphatic carbocycles. The van der Waals surface area contributed by atoms with Crippen molar-refractivity contribution >= 4 is 17.5 Å². The fourth-order valence-electron chi connectivity index (χ4n) is 2.60. The molecule has 1 saturated heterocycles. The quantitative estimate of drug-likeness (QED) is 0.831. The Labute approximate surface area is 143 Å². The van der Waals surface area contributed by atoms with E-state index in [-0.39, 0.29) is 30.6 Å². The van der Waals surface area contributed by atoms with E-state index in [0.717, 1.165) is 25.2 Å². The Kier molecular flexibility index (Phi) is 6.61. The highest BCUT2D eigenvalue weighted by Gasteiger charge is 2.22. The molecular formula is C18H26N2O4. The fourth-order valence-corrected chi connectivity index (χ4v) is 2.60. The van der Waals surface area contributed by atoms with Crippen LogP contribution in [0.5, 0.6) is 5.75 Å². The summed E-state index contributed by atoms with van der Waals surface area (Å²) in [6, 6.07) is 7.19. The van der Waals surface area contributed by atoms with E-state index in [9.17, 15) is 9.59 Å². The van der Waals surface area contributed by atoms with Crippen molar-refractivity contribution in [2.75, 3.05) is 25.0 Å². The second kappa shape index (κ2) is 8.68. The minimum absolute atomic E-state index is 0.0272. The molecule has 1 heterocycles. The summed E-state index contributed by atoms with van der Waals surface area (Å²) in [6.07, 6.45) is 2.08. The smallest absolute Gasteiger partial charge is 0.243 e. The Balaban J connectivity index is 1.86. The lowest BCUT2D eigenvalue weighted by Gasteiger charge is -2.23. The summed E-state index contributed by atoms with van der Waals surface area (Å²) in [6.45, 7) is 6.61. The standard InChI is InChI=1S/C18H26N2O4/c1-13(2)24-16-8-6-15(7-9-16)19-18(22)12-20(14(3)21)11-17-5-4-10-23-17/h6-9,13,17H,4-5,10-12H2,1-3H3,(H,19,22). The fraction of sp³-hybridized carbons (Fsp3) is 0.556. The van der Waals surface area contributed by atoms with Crippen LogP contribution in [0.1, 0.15) is 33.6 Å². The number of nitrogens with one attached hydrogen (secondary N) is 1. The molecule has 1 aromatic rings. The molecule has 1 aliphatic heterocycles. The lowest BCUT2D eigenvalue weighted by atomic mass is 10.2. The number of rotatable bonds is 7. The van der Waals surface area contributed by atoms with E-state index >= 15 is 0 Å². The Morgan fingerprint density at radius 3 is 2.58 bits per heavy atom. The van der Waals surface area contributed by atoms with E-state index in [1.54, 1.807) is 12.1 Å². The first-order valence-electron chi connectivity index (χ1n) is 8.37. The molecule has 1 fully saturated rings. The number of benzene rings is 1. The Bertz CT molecular complexity index is 551. The minimum Gasteiger partial charge on any atom is -0.491 e. The molecule has 2 rings (SSSR count). The van der Waals surface area contributed by atoms with E-state index in [1.165, 1.54) is 11.8 Å². The van der Waals surface area contributed by atoms with E-state index in [4.69, 9.17) is 9.47 Å². The average molecular weight is 334 g/mol. The van der Waals surface area contributed by atoms with Crippen LogP contribution in [-0.2, 0) is 14.3 Å². The maximum atomic E-state index is 12.2. The number of anilines is 1. The van der Waals surface area contributed by atoms with E-state index in [1.807, 2.05) is 26.0 Å². The van der Waals surface area contributed by atoms with Crippen LogP contribution in [0.15, 0.2) is 24.3 Å². The van der Waals surface area contributed by atoms with Crippen LogP contribution in [0.2, 0.25) is 0 Å². The molecule has 1 N–H and O–H groups in total. The van der Waals surface area contributed by atoms with Gasteiger partial charge in [-0.15, -0.1) is 0 Å². The minimum atomic E-state index is -0.222. The van der Waals surface area contributed by atoms with Gasteiger partial charge >= 0.3 is 0 Å². The number of carbonyl (C=O) groups is 2. The third-order valence-electron chi connectivity index (χ3n) is 3.74. The van der Waals surface area contributed by atoms with Crippen LogP contribution in [0.3, 0.4) is 0 Å². The van der Waals surface area contributed by atoms with E-state index in [2.05, 4.69) is 5.32 Å². The molecule has 132 valence electrons. The van der Waals surface area contributed by atoms with Crippen molar-refractivity contribution < 1.29 is 19.1 Å². The maximum absolute atomic E-state index is 12.2. The van der Waals surface area contributed by atoms with Gasteiger partial charge in [-0.2, -0.15) is 0 Å². The van der Waals surface area contributed by atoms with Crippen molar-refractivity contribution in [1.82, 2.24) is 4.90 Å². The summed E-state index contributed by atoms with van der Waals surface area (Å²) in [5.74, 6) is 0.411. The number of ether oxygens (including phenoxy) is 2. The highest BCUT2D eigenvalue weighted by atomic mass is 16.5. The molecule has 0 aromatic heterocycles. The number of carbonyl (C=O) groups excluding carboxylic acids is 2. The first-order chi connectivity index (χ1) is 11.4. The van der Waals surface area contributed by atoms with Crippen molar-refractivity contribution in [3.05, 3.63) is 24.3 Å². The topological polar surface area (TPSA) is 67.9 Å². The van der Waals surface area contributed by atoms with Gasteiger partial charge in [0.15, 0.2) is 0 Å². The summed E-state index contributed by atoms with van der Waals surface area (Å²) in [4.78, 5) is 25.5. The van der Waals surface area contributed by atoms with Gasteiger partial charge in [-0.3, -0.25) is 9.59 Å². The zero-order valence-electron chi connectivity index (χ0n) is 14.6. The Morgan fingerprint density at radius 2 is 2.04 bits per heavy atom. The number of hydrogen-bond acceptors (Lipinski definition) is 4. The molecule has 1 aliphatic rings. The van der Waals surface area contributed by atoms with Crippen molar-refractivity contribution in [3.8, 4) is 5.75 Å². The summed E-state index contributed by atoms with van der Waals surface area (Å²) in [5.41, 5.74) is 0.678. The number of nitrogens with zero attached hydrogens (tertiary/aromatic N) is 1. The highest BCUT2D eigenvalue weighted by molar-refractivity contribution is 5.94. The summed E-state index contributed by atoms with van der Waals surface area (Å²) in [5, 5.41) is 2.80. The predicted molar refractivity (Wildman–Crippen MR) is 92.1 cm³/mol. The van der Waals surface area contributed by atoms with Crippen LogP contribution in [0, 0.1) is 0 Å². The molecule has 6 nitrogen and oxygen atoms in total. The molecule has 24 heavy (non-hydrogen) atoms. The first kappa shape index (κ1) is 18.3. The zero-order chi connectivity index (χ0) is 17.5. The SMILES string of the molecule is CC(=O)N(CC(=O)Nc1ccc(OC(C)C)cc1)CC1CCCO1. The monoisotopic (exact) mass is 334 g/mol. The predicted octanol–water partition coefficient (Wildman–Crippen LogP) is 2.44. The molecule has 0 bridgehead atoms. The van der Waals surface area contributed by atoms with Crippen LogP contribution in [0.4, 0.5) is 5.69 Å². The Morgan fingerprint density at radius 1 is 1.33 bits per heavy atom. The largest absolute Gasteiger partial charge is 0.491 e. The van der Waals surface area contributed by atoms with Gasteiger partial charge in [0.2, 0.25) is 11.8 Å². The second-order valence-electron chi connectivity index (χ2n) is 6.27. The molecule has 0 spiro atoms. The van der Waals surface area contributed by atoms with Crippen molar-refractivity contribution in [2.24, 2.45) is 0 Å². The second-order valence-corrected chi connectivity index (χ2v) is 6.27. The van der Waals surface area contributed by atoms with Crippen LogP contribution >= 0.6 is 0 Å². The Hall–Kier alpha value is -2.08.